The summed E-state index contributed by atoms with van der Waals surface area (Å²) < 4.78 is 5.18. The molecule has 0 spiro atoms. The molecule has 1 aliphatic rings. The van der Waals surface area contributed by atoms with Crippen LogP contribution in [0.4, 0.5) is 0 Å². The first-order valence-corrected chi connectivity index (χ1v) is 4.73. The smallest absolute Gasteiger partial charge is 0.0698 e. The van der Waals surface area contributed by atoms with Crippen LogP contribution in [0.25, 0.3) is 0 Å². The minimum absolute atomic E-state index is 0.132. The van der Waals surface area contributed by atoms with E-state index in [1.807, 2.05) is 0 Å². The summed E-state index contributed by atoms with van der Waals surface area (Å²) in [5, 5.41) is 8.46. The molecule has 3 heteroatoms. The summed E-state index contributed by atoms with van der Waals surface area (Å²) in [5.74, 6) is 0. The zero-order valence-corrected chi connectivity index (χ0v) is 7.83. The molecule has 0 radical (unpaired) electrons. The van der Waals surface area contributed by atoms with E-state index in [1.54, 1.807) is 0 Å². The molecule has 0 amide bonds. The van der Waals surface area contributed by atoms with Gasteiger partial charge in [0.15, 0.2) is 0 Å². The van der Waals surface area contributed by atoms with Gasteiger partial charge < -0.3 is 14.7 Å². The van der Waals surface area contributed by atoms with Crippen molar-refractivity contribution >= 4 is 0 Å². The molecule has 0 heterocycles. The second-order valence-electron chi connectivity index (χ2n) is 3.40. The number of nitrogens with zero attached hydrogens (tertiary/aromatic N) is 1. The number of ether oxygens (including phenoxy) is 1. The largest absolute Gasteiger partial charge is 0.394 e. The third-order valence-corrected chi connectivity index (χ3v) is 2.52. The number of rotatable bonds is 6. The van der Waals surface area contributed by atoms with Gasteiger partial charge in [-0.1, -0.05) is 6.42 Å². The molecule has 3 nitrogen and oxygen atoms in total. The molecule has 0 saturated heterocycles. The highest BCUT2D eigenvalue weighted by Crippen LogP contribution is 2.22. The predicted molar refractivity (Wildman–Crippen MR) is 48.2 cm³/mol. The van der Waals surface area contributed by atoms with E-state index in [1.165, 1.54) is 19.3 Å². The first-order valence-electron chi connectivity index (χ1n) is 4.73. The monoisotopic (exact) mass is 173 g/mol. The fourth-order valence-corrected chi connectivity index (χ4v) is 1.39. The van der Waals surface area contributed by atoms with Crippen molar-refractivity contribution in [3.63, 3.8) is 0 Å². The topological polar surface area (TPSA) is 32.7 Å². The van der Waals surface area contributed by atoms with E-state index in [9.17, 15) is 0 Å². The maximum absolute atomic E-state index is 8.46. The van der Waals surface area contributed by atoms with Gasteiger partial charge in [-0.3, -0.25) is 0 Å². The maximum atomic E-state index is 8.46. The molecule has 0 aromatic carbocycles. The Balaban J connectivity index is 1.91. The maximum Gasteiger partial charge on any atom is 0.0698 e. The van der Waals surface area contributed by atoms with Gasteiger partial charge in [0, 0.05) is 12.6 Å². The number of hydrogen-bond acceptors (Lipinski definition) is 3. The highest BCUT2D eigenvalue weighted by atomic mass is 16.5. The Morgan fingerprint density at radius 2 is 2.17 bits per heavy atom. The zero-order valence-electron chi connectivity index (χ0n) is 7.83. The van der Waals surface area contributed by atoms with Crippen molar-refractivity contribution in [1.29, 1.82) is 0 Å². The number of aliphatic hydroxyl groups excluding tert-OH is 1. The van der Waals surface area contributed by atoms with E-state index in [4.69, 9.17) is 9.84 Å². The second-order valence-corrected chi connectivity index (χ2v) is 3.40. The Labute approximate surface area is 74.3 Å². The zero-order chi connectivity index (χ0) is 8.81. The summed E-state index contributed by atoms with van der Waals surface area (Å²) in [6.45, 7) is 2.34. The van der Waals surface area contributed by atoms with Crippen LogP contribution in [0.2, 0.25) is 0 Å². The van der Waals surface area contributed by atoms with Crippen LogP contribution in [0.5, 0.6) is 0 Å². The lowest BCUT2D eigenvalue weighted by molar-refractivity contribution is 0.0594. The Hall–Kier alpha value is -0.120. The molecule has 1 fully saturated rings. The Kier molecular flexibility index (Phi) is 4.58. The molecule has 0 atom stereocenters. The molecule has 1 rings (SSSR count). The van der Waals surface area contributed by atoms with Crippen LogP contribution in [-0.2, 0) is 4.74 Å². The molecule has 1 aliphatic carbocycles. The van der Waals surface area contributed by atoms with E-state index in [0.29, 0.717) is 6.61 Å². The molecule has 0 bridgehead atoms. The van der Waals surface area contributed by atoms with Gasteiger partial charge in [0.05, 0.1) is 19.8 Å². The fraction of sp³-hybridized carbons (Fsp3) is 1.00. The standard InChI is InChI=1S/C9H19NO2/c1-10(9-3-2-4-9)5-7-12-8-6-11/h9,11H,2-8H2,1H3. The van der Waals surface area contributed by atoms with Crippen molar-refractivity contribution in [3.05, 3.63) is 0 Å². The van der Waals surface area contributed by atoms with E-state index in [0.717, 1.165) is 19.2 Å². The first kappa shape index (κ1) is 9.96. The molecular formula is C9H19NO2. The summed E-state index contributed by atoms with van der Waals surface area (Å²) in [6.07, 6.45) is 4.07. The Morgan fingerprint density at radius 3 is 2.67 bits per heavy atom. The lowest BCUT2D eigenvalue weighted by Gasteiger charge is -2.34. The molecular weight excluding hydrogens is 154 g/mol. The number of hydrogen-bond donors (Lipinski definition) is 1. The van der Waals surface area contributed by atoms with Gasteiger partial charge in [-0.05, 0) is 19.9 Å². The fourth-order valence-electron chi connectivity index (χ4n) is 1.39. The molecule has 0 aromatic heterocycles. The third-order valence-electron chi connectivity index (χ3n) is 2.52. The van der Waals surface area contributed by atoms with Crippen molar-refractivity contribution in [2.75, 3.05) is 33.4 Å². The average molecular weight is 173 g/mol. The van der Waals surface area contributed by atoms with Gasteiger partial charge in [-0.15, -0.1) is 0 Å². The summed E-state index contributed by atoms with van der Waals surface area (Å²) >= 11 is 0. The van der Waals surface area contributed by atoms with Gasteiger partial charge in [-0.2, -0.15) is 0 Å². The van der Waals surface area contributed by atoms with Crippen molar-refractivity contribution in [2.24, 2.45) is 0 Å². The molecule has 0 unspecified atom stereocenters. The van der Waals surface area contributed by atoms with Gasteiger partial charge in [-0.25, -0.2) is 0 Å². The third kappa shape index (κ3) is 3.09. The number of likely N-dealkylation sites (N-methyl/N-ethyl adjacent to an activating group) is 1. The summed E-state index contributed by atoms with van der Waals surface area (Å²) in [4.78, 5) is 2.35. The molecule has 72 valence electrons. The van der Waals surface area contributed by atoms with Gasteiger partial charge in [0.1, 0.15) is 0 Å². The lowest BCUT2D eigenvalue weighted by Crippen LogP contribution is -2.39. The summed E-state index contributed by atoms with van der Waals surface area (Å²) in [7, 11) is 2.14. The molecule has 0 aromatic rings. The van der Waals surface area contributed by atoms with Gasteiger partial charge >= 0.3 is 0 Å². The minimum Gasteiger partial charge on any atom is -0.394 e. The van der Waals surface area contributed by atoms with Gasteiger partial charge in [0.25, 0.3) is 0 Å². The highest BCUT2D eigenvalue weighted by molar-refractivity contribution is 4.77. The molecule has 12 heavy (non-hydrogen) atoms. The number of aliphatic hydroxyl groups is 1. The Bertz CT molecular complexity index is 115. The van der Waals surface area contributed by atoms with E-state index in [2.05, 4.69) is 11.9 Å². The van der Waals surface area contributed by atoms with Crippen molar-refractivity contribution in [3.8, 4) is 0 Å². The van der Waals surface area contributed by atoms with Crippen LogP contribution < -0.4 is 0 Å². The van der Waals surface area contributed by atoms with Crippen LogP contribution in [0.15, 0.2) is 0 Å². The van der Waals surface area contributed by atoms with E-state index in [-0.39, 0.29) is 6.61 Å². The average Bonchev–Trinajstić information content (AvgIpc) is 1.95. The molecule has 1 saturated carbocycles. The lowest BCUT2D eigenvalue weighted by atomic mass is 9.92. The van der Waals surface area contributed by atoms with Crippen LogP contribution in [0.1, 0.15) is 19.3 Å². The SMILES string of the molecule is CN(CCOCCO)C1CCC1. The normalized spacial score (nSPS) is 18.2. The van der Waals surface area contributed by atoms with Crippen molar-refractivity contribution in [1.82, 2.24) is 4.90 Å². The second kappa shape index (κ2) is 5.51. The minimum atomic E-state index is 0.132. The van der Waals surface area contributed by atoms with Crippen molar-refractivity contribution < 1.29 is 9.84 Å². The van der Waals surface area contributed by atoms with Crippen LogP contribution in [0.3, 0.4) is 0 Å². The van der Waals surface area contributed by atoms with E-state index >= 15 is 0 Å². The van der Waals surface area contributed by atoms with Crippen molar-refractivity contribution in [2.45, 2.75) is 25.3 Å². The summed E-state index contributed by atoms with van der Waals surface area (Å²) in [5.41, 5.74) is 0. The van der Waals surface area contributed by atoms with Crippen LogP contribution in [0, 0.1) is 0 Å². The van der Waals surface area contributed by atoms with E-state index < -0.39 is 0 Å². The summed E-state index contributed by atoms with van der Waals surface area (Å²) in [6, 6.07) is 0.794. The predicted octanol–water partition coefficient (Wildman–Crippen LogP) is 0.480. The van der Waals surface area contributed by atoms with Crippen LogP contribution >= 0.6 is 0 Å². The Morgan fingerprint density at radius 1 is 1.42 bits per heavy atom. The first-order chi connectivity index (χ1) is 5.84. The molecule has 0 aliphatic heterocycles. The van der Waals surface area contributed by atoms with Gasteiger partial charge in [0.2, 0.25) is 0 Å². The highest BCUT2D eigenvalue weighted by Gasteiger charge is 2.21. The quantitative estimate of drug-likeness (QED) is 0.593. The molecule has 1 N–H and O–H groups in total. The van der Waals surface area contributed by atoms with Crippen LogP contribution in [-0.4, -0.2) is 49.5 Å².